The van der Waals surface area contributed by atoms with Crippen LogP contribution < -0.4 is 0 Å². The van der Waals surface area contributed by atoms with Gasteiger partial charge >= 0.3 is 11.9 Å². The highest BCUT2D eigenvalue weighted by Gasteiger charge is 2.32. The number of nitrogens with zero attached hydrogens (tertiary/aromatic N) is 1. The van der Waals surface area contributed by atoms with Gasteiger partial charge in [0.05, 0.1) is 13.1 Å². The van der Waals surface area contributed by atoms with Crippen LogP contribution in [0.2, 0.25) is 0 Å². The smallest absolute Gasteiger partial charge is 0.327 e. The molecule has 0 radical (unpaired) electrons. The lowest BCUT2D eigenvalue weighted by Gasteiger charge is -2.37. The molecule has 0 spiro atoms. The summed E-state index contributed by atoms with van der Waals surface area (Å²) in [7, 11) is 0. The van der Waals surface area contributed by atoms with Gasteiger partial charge in [0.1, 0.15) is 0 Å². The Balaban J connectivity index is 1.95. The van der Waals surface area contributed by atoms with Gasteiger partial charge in [-0.2, -0.15) is 0 Å². The van der Waals surface area contributed by atoms with Crippen molar-refractivity contribution in [2.45, 2.75) is 45.1 Å². The van der Waals surface area contributed by atoms with Gasteiger partial charge in [0.25, 0.3) is 0 Å². The summed E-state index contributed by atoms with van der Waals surface area (Å²) in [6, 6.07) is 0.399. The molecule has 1 heterocycles. The van der Waals surface area contributed by atoms with Crippen molar-refractivity contribution in [1.29, 1.82) is 0 Å². The van der Waals surface area contributed by atoms with Gasteiger partial charge in [0.15, 0.2) is 0 Å². The summed E-state index contributed by atoms with van der Waals surface area (Å²) in [4.78, 5) is 24.4. The zero-order valence-electron chi connectivity index (χ0n) is 9.78. The molecule has 1 aliphatic heterocycles. The first-order valence-electron chi connectivity index (χ1n) is 6.16. The summed E-state index contributed by atoms with van der Waals surface area (Å²) in [6.07, 6.45) is 5.93. The Hall–Kier alpha value is -0.900. The third-order valence-corrected chi connectivity index (χ3v) is 3.74. The van der Waals surface area contributed by atoms with E-state index in [1.165, 1.54) is 19.3 Å². The van der Waals surface area contributed by atoms with Crippen LogP contribution in [0.5, 0.6) is 0 Å². The topological polar surface area (TPSA) is 46.6 Å². The van der Waals surface area contributed by atoms with Crippen LogP contribution in [-0.2, 0) is 14.3 Å². The Morgan fingerprint density at radius 2 is 1.94 bits per heavy atom. The molecule has 0 bridgehead atoms. The molecule has 16 heavy (non-hydrogen) atoms. The Morgan fingerprint density at radius 1 is 1.25 bits per heavy atom. The summed E-state index contributed by atoms with van der Waals surface area (Å²) in [5.41, 5.74) is 0. The summed E-state index contributed by atoms with van der Waals surface area (Å²) >= 11 is 0. The number of hydrogen-bond acceptors (Lipinski definition) is 4. The first kappa shape index (κ1) is 11.6. The molecule has 2 rings (SSSR count). The molecule has 1 saturated carbocycles. The van der Waals surface area contributed by atoms with Crippen molar-refractivity contribution in [2.24, 2.45) is 5.92 Å². The minimum absolute atomic E-state index is 0.285. The highest BCUT2D eigenvalue weighted by atomic mass is 16.6. The molecular weight excluding hydrogens is 206 g/mol. The molecule has 0 aromatic heterocycles. The minimum Gasteiger partial charge on any atom is -0.391 e. The Morgan fingerprint density at radius 3 is 2.56 bits per heavy atom. The van der Waals surface area contributed by atoms with Crippen molar-refractivity contribution in [2.75, 3.05) is 13.1 Å². The molecule has 4 heteroatoms. The molecule has 0 aromatic carbocycles. The Bertz CT molecular complexity index is 274. The van der Waals surface area contributed by atoms with Crippen molar-refractivity contribution in [1.82, 2.24) is 4.90 Å². The lowest BCUT2D eigenvalue weighted by Crippen LogP contribution is -2.49. The molecule has 2 aliphatic rings. The third-order valence-electron chi connectivity index (χ3n) is 3.74. The van der Waals surface area contributed by atoms with Gasteiger partial charge < -0.3 is 4.74 Å². The molecule has 0 amide bonds. The molecule has 0 N–H and O–H groups in total. The van der Waals surface area contributed by atoms with E-state index in [1.54, 1.807) is 0 Å². The second-order valence-electron chi connectivity index (χ2n) is 4.85. The maximum Gasteiger partial charge on any atom is 0.327 e. The average Bonchev–Trinajstić information content (AvgIpc) is 2.28. The normalized spacial score (nSPS) is 32.6. The van der Waals surface area contributed by atoms with Gasteiger partial charge in [0.2, 0.25) is 0 Å². The molecule has 1 aliphatic carbocycles. The van der Waals surface area contributed by atoms with Crippen LogP contribution in [0.15, 0.2) is 0 Å². The molecular formula is C12H19NO3. The van der Waals surface area contributed by atoms with Crippen LogP contribution in [0.1, 0.15) is 39.0 Å². The first-order valence-corrected chi connectivity index (χ1v) is 6.16. The minimum atomic E-state index is -0.394. The molecule has 2 unspecified atom stereocenters. The second kappa shape index (κ2) is 4.95. The maximum atomic E-state index is 11.2. The van der Waals surface area contributed by atoms with Gasteiger partial charge in [0, 0.05) is 6.04 Å². The van der Waals surface area contributed by atoms with E-state index in [4.69, 9.17) is 0 Å². The summed E-state index contributed by atoms with van der Waals surface area (Å²) in [5, 5.41) is 0. The first-order chi connectivity index (χ1) is 7.69. The van der Waals surface area contributed by atoms with Gasteiger partial charge in [-0.3, -0.25) is 14.5 Å². The van der Waals surface area contributed by atoms with Crippen molar-refractivity contribution < 1.29 is 14.3 Å². The van der Waals surface area contributed by atoms with E-state index in [2.05, 4.69) is 11.7 Å². The number of carbonyl (C=O) groups excluding carboxylic acids is 2. The fourth-order valence-electron chi connectivity index (χ4n) is 2.80. The molecule has 0 aromatic rings. The van der Waals surface area contributed by atoms with Gasteiger partial charge in [-0.25, -0.2) is 0 Å². The van der Waals surface area contributed by atoms with Crippen LogP contribution in [0.3, 0.4) is 0 Å². The second-order valence-corrected chi connectivity index (χ2v) is 4.85. The van der Waals surface area contributed by atoms with E-state index >= 15 is 0 Å². The van der Waals surface area contributed by atoms with Crippen LogP contribution in [0.25, 0.3) is 0 Å². The van der Waals surface area contributed by atoms with Crippen molar-refractivity contribution >= 4 is 11.9 Å². The standard InChI is InChI=1S/C12H19NO3/c1-2-9-4-3-5-10(6-9)13-7-11(14)16-12(15)8-13/h9-10H,2-8H2,1H3. The molecule has 1 saturated heterocycles. The zero-order valence-corrected chi connectivity index (χ0v) is 9.78. The monoisotopic (exact) mass is 225 g/mol. The summed E-state index contributed by atoms with van der Waals surface area (Å²) < 4.78 is 4.54. The predicted molar refractivity (Wildman–Crippen MR) is 58.7 cm³/mol. The quantitative estimate of drug-likeness (QED) is 0.525. The number of carbonyl (C=O) groups is 2. The van der Waals surface area contributed by atoms with E-state index in [-0.39, 0.29) is 13.1 Å². The summed E-state index contributed by atoms with van der Waals surface area (Å²) in [6.45, 7) is 2.78. The van der Waals surface area contributed by atoms with E-state index in [0.717, 1.165) is 18.8 Å². The van der Waals surface area contributed by atoms with Crippen molar-refractivity contribution in [3.8, 4) is 0 Å². The van der Waals surface area contributed by atoms with Crippen molar-refractivity contribution in [3.63, 3.8) is 0 Å². The molecule has 2 atom stereocenters. The highest BCUT2D eigenvalue weighted by Crippen LogP contribution is 2.30. The molecule has 90 valence electrons. The number of morpholine rings is 1. The Labute approximate surface area is 95.9 Å². The Kier molecular flexibility index (Phi) is 3.59. The van der Waals surface area contributed by atoms with Crippen LogP contribution in [-0.4, -0.2) is 36.0 Å². The number of esters is 2. The fraction of sp³-hybridized carbons (Fsp3) is 0.833. The lowest BCUT2D eigenvalue weighted by molar-refractivity contribution is -0.168. The maximum absolute atomic E-state index is 11.2. The van der Waals surface area contributed by atoms with Crippen LogP contribution in [0.4, 0.5) is 0 Å². The summed E-state index contributed by atoms with van der Waals surface area (Å²) in [5.74, 6) is -0.0310. The fourth-order valence-corrected chi connectivity index (χ4v) is 2.80. The van der Waals surface area contributed by atoms with Crippen molar-refractivity contribution in [3.05, 3.63) is 0 Å². The highest BCUT2D eigenvalue weighted by molar-refractivity contribution is 5.90. The number of hydrogen-bond donors (Lipinski definition) is 0. The number of rotatable bonds is 2. The van der Waals surface area contributed by atoms with Crippen LogP contribution in [0, 0.1) is 5.92 Å². The molecule has 2 fully saturated rings. The average molecular weight is 225 g/mol. The largest absolute Gasteiger partial charge is 0.391 e. The van der Waals surface area contributed by atoms with Gasteiger partial charge in [-0.05, 0) is 18.8 Å². The van der Waals surface area contributed by atoms with E-state index < -0.39 is 11.9 Å². The SMILES string of the molecule is CCC1CCCC(N2CC(=O)OC(=O)C2)C1. The van der Waals surface area contributed by atoms with Gasteiger partial charge in [-0.1, -0.05) is 26.2 Å². The zero-order chi connectivity index (χ0) is 11.5. The van der Waals surface area contributed by atoms with E-state index in [0.29, 0.717) is 6.04 Å². The predicted octanol–water partition coefficient (Wildman–Crippen LogP) is 1.34. The number of ether oxygens (including phenoxy) is 1. The van der Waals surface area contributed by atoms with E-state index in [1.807, 2.05) is 4.90 Å². The third kappa shape index (κ3) is 2.61. The van der Waals surface area contributed by atoms with Gasteiger partial charge in [-0.15, -0.1) is 0 Å². The lowest BCUT2D eigenvalue weighted by atomic mass is 9.83. The van der Waals surface area contributed by atoms with Crippen LogP contribution >= 0.6 is 0 Å². The van der Waals surface area contributed by atoms with E-state index in [9.17, 15) is 9.59 Å². The number of cyclic esters (lactones) is 2. The molecule has 4 nitrogen and oxygen atoms in total.